The summed E-state index contributed by atoms with van der Waals surface area (Å²) in [7, 11) is 0. The maximum Gasteiger partial charge on any atom is 0.134 e. The molecule has 1 atom stereocenters. The van der Waals surface area contributed by atoms with Crippen molar-refractivity contribution in [3.63, 3.8) is 0 Å². The quantitative estimate of drug-likeness (QED) is 0.556. The number of benzene rings is 2. The first-order valence-electron chi connectivity index (χ1n) is 7.53. The van der Waals surface area contributed by atoms with Gasteiger partial charge in [-0.05, 0) is 30.5 Å². The van der Waals surface area contributed by atoms with E-state index in [0.29, 0.717) is 5.92 Å². The Hall–Kier alpha value is -2.28. The van der Waals surface area contributed by atoms with Crippen LogP contribution in [0.1, 0.15) is 41.7 Å². The first kappa shape index (κ1) is 12.5. The predicted octanol–water partition coefficient (Wildman–Crippen LogP) is 5.68. The molecule has 1 nitrogen and oxygen atoms in total. The monoisotopic (exact) mass is 274 g/mol. The Bertz CT molecular complexity index is 834. The fraction of sp³-hybridized carbons (Fsp3) is 0.200. The Morgan fingerprint density at radius 3 is 2.57 bits per heavy atom. The molecule has 0 radical (unpaired) electrons. The Morgan fingerprint density at radius 1 is 1.00 bits per heavy atom. The van der Waals surface area contributed by atoms with Crippen molar-refractivity contribution in [3.8, 4) is 0 Å². The van der Waals surface area contributed by atoms with E-state index in [0.717, 1.165) is 17.8 Å². The van der Waals surface area contributed by atoms with Crippen molar-refractivity contribution in [1.82, 2.24) is 0 Å². The number of hydrogen-bond donors (Lipinski definition) is 0. The van der Waals surface area contributed by atoms with Gasteiger partial charge in [-0.3, -0.25) is 0 Å². The van der Waals surface area contributed by atoms with Crippen LogP contribution in [0.25, 0.3) is 16.5 Å². The molecule has 1 heterocycles. The van der Waals surface area contributed by atoms with Crippen molar-refractivity contribution in [3.05, 3.63) is 77.1 Å². The van der Waals surface area contributed by atoms with Gasteiger partial charge in [0.15, 0.2) is 0 Å². The van der Waals surface area contributed by atoms with E-state index in [1.807, 2.05) is 6.07 Å². The average Bonchev–Trinajstić information content (AvgIpc) is 2.90. The molecule has 21 heavy (non-hydrogen) atoms. The molecule has 0 saturated heterocycles. The van der Waals surface area contributed by atoms with Gasteiger partial charge in [0.1, 0.15) is 11.3 Å². The zero-order valence-electron chi connectivity index (χ0n) is 12.4. The van der Waals surface area contributed by atoms with Crippen LogP contribution in [0.15, 0.2) is 59.0 Å². The summed E-state index contributed by atoms with van der Waals surface area (Å²) in [6.07, 6.45) is 3.40. The minimum atomic E-state index is 0.446. The Labute approximate surface area is 124 Å². The van der Waals surface area contributed by atoms with Crippen LogP contribution in [0.4, 0.5) is 0 Å². The molecule has 0 N–H and O–H groups in total. The topological polar surface area (TPSA) is 13.1 Å². The second kappa shape index (κ2) is 4.63. The second-order valence-corrected chi connectivity index (χ2v) is 5.96. The lowest BCUT2D eigenvalue weighted by Crippen LogP contribution is -2.02. The molecule has 0 saturated carbocycles. The van der Waals surface area contributed by atoms with Gasteiger partial charge in [0, 0.05) is 16.9 Å². The van der Waals surface area contributed by atoms with Crippen molar-refractivity contribution in [2.75, 3.05) is 0 Å². The number of aryl methyl sites for hydroxylation is 1. The van der Waals surface area contributed by atoms with Gasteiger partial charge in [0.05, 0.1) is 0 Å². The second-order valence-electron chi connectivity index (χ2n) is 5.96. The number of rotatable bonds is 1. The minimum Gasteiger partial charge on any atom is -0.460 e. The molecular formula is C20H18O. The third-order valence-corrected chi connectivity index (χ3v) is 4.38. The van der Waals surface area contributed by atoms with Crippen molar-refractivity contribution < 1.29 is 4.42 Å². The molecule has 2 aromatic carbocycles. The SMILES string of the molecule is Cc1ccc(C2=CCC(C)c3oc4ccccc4c32)cc1. The van der Waals surface area contributed by atoms with Gasteiger partial charge in [-0.1, -0.05) is 61.0 Å². The number of para-hydroxylation sites is 1. The third-order valence-electron chi connectivity index (χ3n) is 4.38. The lowest BCUT2D eigenvalue weighted by molar-refractivity contribution is 0.503. The number of fused-ring (bicyclic) bond motifs is 3. The van der Waals surface area contributed by atoms with Crippen LogP contribution in [0.2, 0.25) is 0 Å². The normalized spacial score (nSPS) is 17.6. The summed E-state index contributed by atoms with van der Waals surface area (Å²) in [6.45, 7) is 4.36. The summed E-state index contributed by atoms with van der Waals surface area (Å²) in [4.78, 5) is 0. The van der Waals surface area contributed by atoms with E-state index in [4.69, 9.17) is 4.42 Å². The van der Waals surface area contributed by atoms with E-state index < -0.39 is 0 Å². The molecule has 3 aromatic rings. The minimum absolute atomic E-state index is 0.446. The number of hydrogen-bond acceptors (Lipinski definition) is 1. The summed E-state index contributed by atoms with van der Waals surface area (Å²) in [5.41, 5.74) is 6.16. The third kappa shape index (κ3) is 1.92. The predicted molar refractivity (Wildman–Crippen MR) is 87.5 cm³/mol. The molecule has 1 aliphatic rings. The van der Waals surface area contributed by atoms with Gasteiger partial charge < -0.3 is 4.42 Å². The van der Waals surface area contributed by atoms with Crippen LogP contribution < -0.4 is 0 Å². The number of furan rings is 1. The maximum atomic E-state index is 6.14. The van der Waals surface area contributed by atoms with E-state index in [9.17, 15) is 0 Å². The highest BCUT2D eigenvalue weighted by atomic mass is 16.3. The molecule has 0 amide bonds. The highest BCUT2D eigenvalue weighted by molar-refractivity contribution is 5.98. The Kier molecular flexibility index (Phi) is 2.75. The van der Waals surface area contributed by atoms with Crippen LogP contribution in [0.5, 0.6) is 0 Å². The molecule has 0 aliphatic heterocycles. The standard InChI is InChI=1S/C20H18O/c1-13-7-10-15(11-8-13)16-12-9-14(2)20-19(16)17-5-3-4-6-18(17)21-20/h3-8,10-12,14H,9H2,1-2H3. The molecule has 1 heteroatoms. The smallest absolute Gasteiger partial charge is 0.134 e. The van der Waals surface area contributed by atoms with E-state index in [2.05, 4.69) is 62.4 Å². The van der Waals surface area contributed by atoms with Gasteiger partial charge >= 0.3 is 0 Å². The molecule has 1 unspecified atom stereocenters. The summed E-state index contributed by atoms with van der Waals surface area (Å²) >= 11 is 0. The van der Waals surface area contributed by atoms with Gasteiger partial charge in [-0.15, -0.1) is 0 Å². The molecule has 1 aromatic heterocycles. The fourth-order valence-corrected chi connectivity index (χ4v) is 3.19. The van der Waals surface area contributed by atoms with E-state index in [-0.39, 0.29) is 0 Å². The molecule has 1 aliphatic carbocycles. The highest BCUT2D eigenvalue weighted by Crippen LogP contribution is 2.43. The van der Waals surface area contributed by atoms with E-state index in [1.165, 1.54) is 27.6 Å². The van der Waals surface area contributed by atoms with Crippen LogP contribution in [0.3, 0.4) is 0 Å². The molecule has 0 spiro atoms. The highest BCUT2D eigenvalue weighted by Gasteiger charge is 2.25. The molecule has 0 fully saturated rings. The van der Waals surface area contributed by atoms with Crippen LogP contribution in [-0.4, -0.2) is 0 Å². The number of allylic oxidation sites excluding steroid dienone is 1. The lowest BCUT2D eigenvalue weighted by atomic mass is 9.85. The Balaban J connectivity index is 1.97. The van der Waals surface area contributed by atoms with Crippen molar-refractivity contribution in [2.24, 2.45) is 0 Å². The first-order valence-corrected chi connectivity index (χ1v) is 7.53. The average molecular weight is 274 g/mol. The maximum absolute atomic E-state index is 6.14. The van der Waals surface area contributed by atoms with E-state index >= 15 is 0 Å². The van der Waals surface area contributed by atoms with Gasteiger partial charge in [0.2, 0.25) is 0 Å². The zero-order valence-corrected chi connectivity index (χ0v) is 12.4. The first-order chi connectivity index (χ1) is 10.2. The van der Waals surface area contributed by atoms with Gasteiger partial charge in [-0.2, -0.15) is 0 Å². The summed E-state index contributed by atoms with van der Waals surface area (Å²) in [6, 6.07) is 17.1. The molecular weight excluding hydrogens is 256 g/mol. The van der Waals surface area contributed by atoms with E-state index in [1.54, 1.807) is 0 Å². The van der Waals surface area contributed by atoms with Crippen LogP contribution >= 0.6 is 0 Å². The zero-order chi connectivity index (χ0) is 14.4. The van der Waals surface area contributed by atoms with Crippen molar-refractivity contribution in [2.45, 2.75) is 26.2 Å². The molecule has 104 valence electrons. The largest absolute Gasteiger partial charge is 0.460 e. The van der Waals surface area contributed by atoms with Gasteiger partial charge in [0.25, 0.3) is 0 Å². The molecule has 4 rings (SSSR count). The summed E-state index contributed by atoms with van der Waals surface area (Å²) in [5, 5.41) is 1.23. The van der Waals surface area contributed by atoms with Crippen molar-refractivity contribution >= 4 is 16.5 Å². The lowest BCUT2D eigenvalue weighted by Gasteiger charge is -2.18. The summed E-state index contributed by atoms with van der Waals surface area (Å²) in [5.74, 6) is 1.58. The van der Waals surface area contributed by atoms with Crippen molar-refractivity contribution in [1.29, 1.82) is 0 Å². The van der Waals surface area contributed by atoms with Crippen LogP contribution in [0, 0.1) is 6.92 Å². The van der Waals surface area contributed by atoms with Gasteiger partial charge in [-0.25, -0.2) is 0 Å². The van der Waals surface area contributed by atoms with Crippen LogP contribution in [-0.2, 0) is 0 Å². The Morgan fingerprint density at radius 2 is 1.76 bits per heavy atom. The molecule has 0 bridgehead atoms. The summed E-state index contributed by atoms with van der Waals surface area (Å²) < 4.78 is 6.14. The fourth-order valence-electron chi connectivity index (χ4n) is 3.19.